The first-order valence-corrected chi connectivity index (χ1v) is 12.8. The lowest BCUT2D eigenvalue weighted by molar-refractivity contribution is -0.0684. The van der Waals surface area contributed by atoms with Gasteiger partial charge in [0.05, 0.1) is 13.2 Å². The predicted molar refractivity (Wildman–Crippen MR) is 141 cm³/mol. The third-order valence-electron chi connectivity index (χ3n) is 6.62. The van der Waals surface area contributed by atoms with Gasteiger partial charge in [-0.1, -0.05) is 35.3 Å². The zero-order chi connectivity index (χ0) is 25.4. The van der Waals surface area contributed by atoms with Crippen LogP contribution in [0.2, 0.25) is 10.0 Å². The van der Waals surface area contributed by atoms with Crippen molar-refractivity contribution in [2.75, 3.05) is 26.4 Å². The van der Waals surface area contributed by atoms with E-state index >= 15 is 0 Å². The minimum atomic E-state index is -0.439. The monoisotopic (exact) mass is 538 g/mol. The molecular weight excluding hydrogens is 515 g/mol. The first kappa shape index (κ1) is 24.1. The van der Waals surface area contributed by atoms with E-state index in [-0.39, 0.29) is 12.3 Å². The Morgan fingerprint density at radius 1 is 0.946 bits per heavy atom. The average molecular weight is 539 g/mol. The van der Waals surface area contributed by atoms with Crippen LogP contribution in [0.5, 0.6) is 11.5 Å². The molecule has 6 rings (SSSR count). The molecule has 1 N–H and O–H groups in total. The highest BCUT2D eigenvalue weighted by molar-refractivity contribution is 6.31. The van der Waals surface area contributed by atoms with Crippen LogP contribution in [0.25, 0.3) is 10.9 Å². The summed E-state index contributed by atoms with van der Waals surface area (Å²) in [6.45, 7) is 1.96. The topological polar surface area (TPSA) is 73.0 Å². The van der Waals surface area contributed by atoms with Crippen molar-refractivity contribution in [2.24, 2.45) is 0 Å². The zero-order valence-electron chi connectivity index (χ0n) is 19.8. The highest BCUT2D eigenvalue weighted by atomic mass is 35.5. The number of ether oxygens (including phenoxy) is 4. The van der Waals surface area contributed by atoms with Gasteiger partial charge in [-0.2, -0.15) is 0 Å². The van der Waals surface area contributed by atoms with Crippen molar-refractivity contribution < 1.29 is 23.7 Å². The summed E-state index contributed by atoms with van der Waals surface area (Å²) >= 11 is 12.3. The first-order valence-electron chi connectivity index (χ1n) is 12.0. The van der Waals surface area contributed by atoms with Crippen LogP contribution in [-0.4, -0.2) is 48.6 Å². The molecule has 0 saturated carbocycles. The lowest BCUT2D eigenvalue weighted by Crippen LogP contribution is -2.42. The van der Waals surface area contributed by atoms with E-state index in [0.717, 1.165) is 27.7 Å². The summed E-state index contributed by atoms with van der Waals surface area (Å²) in [5.74, 6) is 1.13. The number of amides is 1. The van der Waals surface area contributed by atoms with Crippen LogP contribution in [0.3, 0.4) is 0 Å². The quantitative estimate of drug-likeness (QED) is 0.319. The Morgan fingerprint density at radius 2 is 1.65 bits per heavy atom. The van der Waals surface area contributed by atoms with Gasteiger partial charge in [-0.05, 0) is 72.1 Å². The second kappa shape index (κ2) is 10.3. The summed E-state index contributed by atoms with van der Waals surface area (Å²) in [6, 6.07) is 19.9. The van der Waals surface area contributed by atoms with Gasteiger partial charge in [0.15, 0.2) is 6.29 Å². The van der Waals surface area contributed by atoms with Gasteiger partial charge < -0.3 is 23.9 Å². The number of H-pyrrole nitrogens is 1. The number of nitrogens with zero attached hydrogens (tertiary/aromatic N) is 1. The molecule has 2 aliphatic heterocycles. The lowest BCUT2D eigenvalue weighted by atomic mass is 9.92. The third-order valence-corrected chi connectivity index (χ3v) is 7.10. The first-order chi connectivity index (χ1) is 18.0. The molecule has 1 saturated heterocycles. The molecule has 0 aliphatic carbocycles. The van der Waals surface area contributed by atoms with E-state index in [1.165, 1.54) is 0 Å². The molecule has 37 heavy (non-hydrogen) atoms. The van der Waals surface area contributed by atoms with Crippen LogP contribution in [0, 0.1) is 0 Å². The molecule has 1 amide bonds. The molecule has 1 atom stereocenters. The molecule has 2 aliphatic rings. The number of hydrogen-bond donors (Lipinski definition) is 1. The number of fused-ring (bicyclic) bond motifs is 3. The maximum atomic E-state index is 13.4. The molecule has 0 radical (unpaired) electrons. The number of aromatic nitrogens is 1. The molecule has 0 bridgehead atoms. The highest BCUT2D eigenvalue weighted by Gasteiger charge is 2.36. The Morgan fingerprint density at radius 3 is 2.41 bits per heavy atom. The molecule has 3 aromatic carbocycles. The van der Waals surface area contributed by atoms with E-state index in [0.29, 0.717) is 54.3 Å². The summed E-state index contributed by atoms with van der Waals surface area (Å²) < 4.78 is 22.4. The number of aromatic amines is 1. The van der Waals surface area contributed by atoms with Crippen molar-refractivity contribution in [1.29, 1.82) is 0 Å². The van der Waals surface area contributed by atoms with Crippen molar-refractivity contribution in [3.05, 3.63) is 93.6 Å². The molecular formula is C28H24Cl2N2O5. The van der Waals surface area contributed by atoms with E-state index in [9.17, 15) is 4.79 Å². The molecule has 0 spiro atoms. The maximum absolute atomic E-state index is 13.4. The number of benzene rings is 3. The molecule has 1 aromatic heterocycles. The van der Waals surface area contributed by atoms with E-state index in [4.69, 9.17) is 42.1 Å². The zero-order valence-corrected chi connectivity index (χ0v) is 21.3. The van der Waals surface area contributed by atoms with Gasteiger partial charge in [-0.15, -0.1) is 0 Å². The Kier molecular flexibility index (Phi) is 6.69. The molecule has 1 fully saturated rings. The summed E-state index contributed by atoms with van der Waals surface area (Å²) in [7, 11) is 0. The van der Waals surface area contributed by atoms with E-state index < -0.39 is 6.09 Å². The minimum absolute atomic E-state index is 0.315. The van der Waals surface area contributed by atoms with Crippen LogP contribution >= 0.6 is 23.2 Å². The summed E-state index contributed by atoms with van der Waals surface area (Å²) in [4.78, 5) is 18.7. The van der Waals surface area contributed by atoms with Crippen molar-refractivity contribution in [2.45, 2.75) is 18.8 Å². The Hall–Kier alpha value is -3.23. The predicted octanol–water partition coefficient (Wildman–Crippen LogP) is 6.37. The van der Waals surface area contributed by atoms with Gasteiger partial charge in [0.25, 0.3) is 0 Å². The number of carbonyl (C=O) groups excluding carboxylic acids is 1. The molecule has 7 nitrogen and oxygen atoms in total. The standard InChI is InChI=1S/C28H24Cl2N2O5/c29-18-3-8-21(9-4-18)37-28(33)32-12-11-22-23-15-19(30)5-10-24(23)31-26(22)27(32)17-1-6-20(7-2-17)36-16-25-34-13-14-35-25/h1-10,15,25,27,31H,11-14,16H2. The SMILES string of the molecule is O=C(Oc1ccc(Cl)cc1)N1CCc2c([nH]c3ccc(Cl)cc23)C1c1ccc(OCC2OCCO2)cc1. The van der Waals surface area contributed by atoms with Crippen molar-refractivity contribution >= 4 is 40.2 Å². The molecule has 9 heteroatoms. The lowest BCUT2D eigenvalue weighted by Gasteiger charge is -2.35. The Balaban J connectivity index is 1.32. The summed E-state index contributed by atoms with van der Waals surface area (Å²) in [5.41, 5.74) is 3.99. The van der Waals surface area contributed by atoms with Crippen LogP contribution < -0.4 is 9.47 Å². The van der Waals surface area contributed by atoms with E-state index in [1.54, 1.807) is 29.2 Å². The maximum Gasteiger partial charge on any atom is 0.416 e. The fraction of sp³-hybridized carbons (Fsp3) is 0.250. The van der Waals surface area contributed by atoms with Gasteiger partial charge >= 0.3 is 6.09 Å². The van der Waals surface area contributed by atoms with Crippen molar-refractivity contribution in [3.8, 4) is 11.5 Å². The van der Waals surface area contributed by atoms with E-state index in [2.05, 4.69) is 4.98 Å². The number of halogens is 2. The normalized spacial score (nSPS) is 17.7. The molecule has 1 unspecified atom stereocenters. The van der Waals surface area contributed by atoms with Crippen LogP contribution in [-0.2, 0) is 15.9 Å². The smallest absolute Gasteiger partial charge is 0.416 e. The van der Waals surface area contributed by atoms with Gasteiger partial charge in [-0.25, -0.2) is 4.79 Å². The van der Waals surface area contributed by atoms with Gasteiger partial charge in [0.2, 0.25) is 0 Å². The number of carbonyl (C=O) groups is 1. The summed E-state index contributed by atoms with van der Waals surface area (Å²) in [5, 5.41) is 2.31. The Bertz CT molecular complexity index is 1420. The van der Waals surface area contributed by atoms with Crippen LogP contribution in [0.4, 0.5) is 4.79 Å². The highest BCUT2D eigenvalue weighted by Crippen LogP contribution is 2.40. The average Bonchev–Trinajstić information content (AvgIpc) is 3.56. The van der Waals surface area contributed by atoms with Crippen molar-refractivity contribution in [3.63, 3.8) is 0 Å². The fourth-order valence-corrected chi connectivity index (χ4v) is 5.18. The number of rotatable bonds is 5. The second-order valence-corrected chi connectivity index (χ2v) is 9.80. The molecule has 190 valence electrons. The minimum Gasteiger partial charge on any atom is -0.488 e. The molecule has 3 heterocycles. The second-order valence-electron chi connectivity index (χ2n) is 8.93. The molecule has 4 aromatic rings. The van der Waals surface area contributed by atoms with Gasteiger partial charge in [-0.3, -0.25) is 4.90 Å². The van der Waals surface area contributed by atoms with Crippen LogP contribution in [0.15, 0.2) is 66.7 Å². The van der Waals surface area contributed by atoms with Gasteiger partial charge in [0, 0.05) is 33.2 Å². The third kappa shape index (κ3) is 5.00. The largest absolute Gasteiger partial charge is 0.488 e. The number of hydrogen-bond acceptors (Lipinski definition) is 5. The van der Waals surface area contributed by atoms with Crippen molar-refractivity contribution in [1.82, 2.24) is 9.88 Å². The number of nitrogens with one attached hydrogen (secondary N) is 1. The van der Waals surface area contributed by atoms with Crippen LogP contribution in [0.1, 0.15) is 22.9 Å². The van der Waals surface area contributed by atoms with E-state index in [1.807, 2.05) is 42.5 Å². The van der Waals surface area contributed by atoms with Gasteiger partial charge in [0.1, 0.15) is 24.1 Å². The summed E-state index contributed by atoms with van der Waals surface area (Å²) in [6.07, 6.45) is -0.118. The Labute approximate surface area is 223 Å². The fourth-order valence-electron chi connectivity index (χ4n) is 4.88.